The summed E-state index contributed by atoms with van der Waals surface area (Å²) in [5, 5.41) is 4.02. The van der Waals surface area contributed by atoms with Gasteiger partial charge in [-0.05, 0) is 48.5 Å². The van der Waals surface area contributed by atoms with Gasteiger partial charge in [0.05, 0.1) is 16.8 Å². The average molecular weight is 429 g/mol. The van der Waals surface area contributed by atoms with Gasteiger partial charge in [-0.2, -0.15) is 0 Å². The van der Waals surface area contributed by atoms with E-state index in [1.807, 2.05) is 48.5 Å². The Labute approximate surface area is 186 Å². The molecule has 1 fully saturated rings. The van der Waals surface area contributed by atoms with E-state index in [2.05, 4.69) is 45.4 Å². The fourth-order valence-corrected chi connectivity index (χ4v) is 4.87. The predicted molar refractivity (Wildman–Crippen MR) is 129 cm³/mol. The fourth-order valence-electron chi connectivity index (χ4n) is 3.90. The van der Waals surface area contributed by atoms with E-state index in [9.17, 15) is 4.79 Å². The molecular formula is C25H24N4OS. The molecule has 0 saturated carbocycles. The number of nitrogens with zero attached hydrogens (tertiary/aromatic N) is 3. The van der Waals surface area contributed by atoms with Gasteiger partial charge in [-0.25, -0.2) is 4.98 Å². The second-order valence-electron chi connectivity index (χ2n) is 7.71. The summed E-state index contributed by atoms with van der Waals surface area (Å²) in [4.78, 5) is 21.8. The second kappa shape index (κ2) is 8.88. The molecule has 0 radical (unpaired) electrons. The highest BCUT2D eigenvalue weighted by Crippen LogP contribution is 2.30. The Morgan fingerprint density at radius 1 is 0.871 bits per heavy atom. The first-order chi connectivity index (χ1) is 15.2. The Balaban J connectivity index is 1.15. The molecule has 1 amide bonds. The Morgan fingerprint density at radius 2 is 1.58 bits per heavy atom. The van der Waals surface area contributed by atoms with Gasteiger partial charge < -0.3 is 10.2 Å². The van der Waals surface area contributed by atoms with Crippen molar-refractivity contribution in [2.75, 3.05) is 42.9 Å². The lowest BCUT2D eigenvalue weighted by atomic mass is 10.2. The molecule has 3 aromatic carbocycles. The molecule has 6 heteroatoms. The molecule has 2 heterocycles. The lowest BCUT2D eigenvalue weighted by Gasteiger charge is -2.35. The van der Waals surface area contributed by atoms with E-state index < -0.39 is 0 Å². The minimum Gasteiger partial charge on any atom is -0.369 e. The van der Waals surface area contributed by atoms with E-state index in [4.69, 9.17) is 4.98 Å². The molecule has 5 rings (SSSR count). The Morgan fingerprint density at radius 3 is 2.32 bits per heavy atom. The zero-order valence-electron chi connectivity index (χ0n) is 17.2. The van der Waals surface area contributed by atoms with Crippen molar-refractivity contribution < 1.29 is 4.79 Å². The van der Waals surface area contributed by atoms with E-state index in [1.165, 1.54) is 10.4 Å². The molecule has 4 aromatic rings. The summed E-state index contributed by atoms with van der Waals surface area (Å²) in [6.07, 6.45) is 0. The van der Waals surface area contributed by atoms with Crippen LogP contribution < -0.4 is 10.2 Å². The number of aromatic nitrogens is 1. The van der Waals surface area contributed by atoms with Gasteiger partial charge in [-0.1, -0.05) is 30.3 Å². The lowest BCUT2D eigenvalue weighted by molar-refractivity contribution is -0.117. The van der Waals surface area contributed by atoms with Gasteiger partial charge >= 0.3 is 0 Å². The normalized spacial score (nSPS) is 14.6. The van der Waals surface area contributed by atoms with Crippen LogP contribution in [0.25, 0.3) is 20.8 Å². The van der Waals surface area contributed by atoms with E-state index in [-0.39, 0.29) is 5.91 Å². The maximum atomic E-state index is 12.5. The molecule has 1 N–H and O–H groups in total. The molecule has 156 valence electrons. The van der Waals surface area contributed by atoms with Crippen LogP contribution in [-0.4, -0.2) is 48.5 Å². The van der Waals surface area contributed by atoms with Gasteiger partial charge in [-0.3, -0.25) is 9.69 Å². The van der Waals surface area contributed by atoms with Gasteiger partial charge in [0.15, 0.2) is 0 Å². The van der Waals surface area contributed by atoms with Gasteiger partial charge in [0.25, 0.3) is 0 Å². The average Bonchev–Trinajstić information content (AvgIpc) is 3.25. The summed E-state index contributed by atoms with van der Waals surface area (Å²) in [6, 6.07) is 26.5. The first-order valence-corrected chi connectivity index (χ1v) is 11.3. The molecule has 0 spiro atoms. The summed E-state index contributed by atoms with van der Waals surface area (Å²) in [5.41, 5.74) is 4.15. The van der Waals surface area contributed by atoms with Gasteiger partial charge in [0.2, 0.25) is 5.91 Å². The molecule has 31 heavy (non-hydrogen) atoms. The van der Waals surface area contributed by atoms with Crippen LogP contribution in [0.3, 0.4) is 0 Å². The number of hydrogen-bond acceptors (Lipinski definition) is 5. The summed E-state index contributed by atoms with van der Waals surface area (Å²) in [7, 11) is 0. The van der Waals surface area contributed by atoms with Gasteiger partial charge in [0.1, 0.15) is 5.01 Å². The number of amides is 1. The number of benzene rings is 3. The van der Waals surface area contributed by atoms with Crippen molar-refractivity contribution >= 4 is 38.8 Å². The van der Waals surface area contributed by atoms with Crippen molar-refractivity contribution in [1.29, 1.82) is 0 Å². The van der Waals surface area contributed by atoms with Crippen molar-refractivity contribution in [3.05, 3.63) is 78.9 Å². The van der Waals surface area contributed by atoms with E-state index in [0.717, 1.165) is 48.0 Å². The third-order valence-corrected chi connectivity index (χ3v) is 6.66. The van der Waals surface area contributed by atoms with Crippen LogP contribution in [0.5, 0.6) is 0 Å². The van der Waals surface area contributed by atoms with Crippen molar-refractivity contribution in [2.45, 2.75) is 0 Å². The molecule has 1 aliphatic rings. The fraction of sp³-hybridized carbons (Fsp3) is 0.200. The number of thiazole rings is 1. The maximum Gasteiger partial charge on any atom is 0.238 e. The molecule has 0 bridgehead atoms. The number of carbonyl (C=O) groups excluding carboxylic acids is 1. The largest absolute Gasteiger partial charge is 0.369 e. The minimum atomic E-state index is 0.0286. The van der Waals surface area contributed by atoms with Gasteiger partial charge in [-0.15, -0.1) is 11.3 Å². The summed E-state index contributed by atoms with van der Waals surface area (Å²) in [5.74, 6) is 0.0286. The van der Waals surface area contributed by atoms with Crippen LogP contribution in [0.15, 0.2) is 78.9 Å². The van der Waals surface area contributed by atoms with Crippen LogP contribution in [0, 0.1) is 0 Å². The minimum absolute atomic E-state index is 0.0286. The molecule has 1 aromatic heterocycles. The van der Waals surface area contributed by atoms with E-state index >= 15 is 0 Å². The Bertz CT molecular complexity index is 1130. The number of piperazine rings is 1. The molecule has 0 atom stereocenters. The summed E-state index contributed by atoms with van der Waals surface area (Å²) in [6.45, 7) is 4.07. The highest BCUT2D eigenvalue weighted by atomic mass is 32.1. The number of para-hydroxylation sites is 2. The quantitative estimate of drug-likeness (QED) is 0.500. The third-order valence-electron chi connectivity index (χ3n) is 5.57. The summed E-state index contributed by atoms with van der Waals surface area (Å²) >= 11 is 1.68. The number of fused-ring (bicyclic) bond motifs is 1. The first kappa shape index (κ1) is 19.7. The van der Waals surface area contributed by atoms with Crippen LogP contribution in [-0.2, 0) is 4.79 Å². The number of carbonyl (C=O) groups is 1. The molecule has 5 nitrogen and oxygen atoms in total. The van der Waals surface area contributed by atoms with E-state index in [0.29, 0.717) is 6.54 Å². The van der Waals surface area contributed by atoms with Crippen molar-refractivity contribution in [3.8, 4) is 10.6 Å². The van der Waals surface area contributed by atoms with Crippen LogP contribution >= 0.6 is 11.3 Å². The van der Waals surface area contributed by atoms with Crippen molar-refractivity contribution in [2.24, 2.45) is 0 Å². The Kier molecular flexibility index (Phi) is 5.65. The molecule has 1 aliphatic heterocycles. The smallest absolute Gasteiger partial charge is 0.238 e. The highest BCUT2D eigenvalue weighted by Gasteiger charge is 2.19. The molecular weight excluding hydrogens is 404 g/mol. The number of nitrogens with one attached hydrogen (secondary N) is 1. The van der Waals surface area contributed by atoms with Crippen LogP contribution in [0.2, 0.25) is 0 Å². The Hall–Kier alpha value is -3.22. The molecule has 0 aliphatic carbocycles. The van der Waals surface area contributed by atoms with Gasteiger partial charge in [0, 0.05) is 43.1 Å². The highest BCUT2D eigenvalue weighted by molar-refractivity contribution is 7.21. The summed E-state index contributed by atoms with van der Waals surface area (Å²) < 4.78 is 1.18. The third kappa shape index (κ3) is 4.60. The zero-order chi connectivity index (χ0) is 21.0. The molecule has 0 unspecified atom stereocenters. The maximum absolute atomic E-state index is 12.5. The van der Waals surface area contributed by atoms with Crippen molar-refractivity contribution in [1.82, 2.24) is 9.88 Å². The number of anilines is 2. The number of rotatable bonds is 5. The van der Waals surface area contributed by atoms with E-state index in [1.54, 1.807) is 11.3 Å². The van der Waals surface area contributed by atoms with Crippen molar-refractivity contribution in [3.63, 3.8) is 0 Å². The number of hydrogen-bond donors (Lipinski definition) is 1. The topological polar surface area (TPSA) is 48.5 Å². The lowest BCUT2D eigenvalue weighted by Crippen LogP contribution is -2.48. The molecule has 1 saturated heterocycles. The SMILES string of the molecule is O=C(CN1CCN(c2ccccc2)CC1)Nc1ccc(-c2nc3ccccc3s2)cc1. The van der Waals surface area contributed by atoms with Crippen LogP contribution in [0.4, 0.5) is 11.4 Å². The zero-order valence-corrected chi connectivity index (χ0v) is 18.0. The standard InChI is InChI=1S/C25H24N4OS/c30-24(18-28-14-16-29(17-15-28)21-6-2-1-3-7-21)26-20-12-10-19(11-13-20)25-27-22-8-4-5-9-23(22)31-25/h1-13H,14-18H2,(H,26,30). The predicted octanol–water partition coefficient (Wildman–Crippen LogP) is 4.72. The second-order valence-corrected chi connectivity index (χ2v) is 8.74. The first-order valence-electron chi connectivity index (χ1n) is 10.5. The van der Waals surface area contributed by atoms with Crippen LogP contribution in [0.1, 0.15) is 0 Å². The monoisotopic (exact) mass is 428 g/mol.